The van der Waals surface area contributed by atoms with E-state index in [-0.39, 0.29) is 11.9 Å². The van der Waals surface area contributed by atoms with Crippen LogP contribution in [0.5, 0.6) is 5.75 Å². The van der Waals surface area contributed by atoms with Crippen molar-refractivity contribution in [3.8, 4) is 5.75 Å². The quantitative estimate of drug-likeness (QED) is 0.542. The van der Waals surface area contributed by atoms with Crippen LogP contribution >= 0.6 is 0 Å². The molecule has 1 aliphatic carbocycles. The maximum Gasteiger partial charge on any atom is 0.254 e. The summed E-state index contributed by atoms with van der Waals surface area (Å²) >= 11 is 0. The van der Waals surface area contributed by atoms with Crippen LogP contribution in [-0.4, -0.2) is 57.5 Å². The van der Waals surface area contributed by atoms with Gasteiger partial charge in [-0.1, -0.05) is 36.4 Å². The van der Waals surface area contributed by atoms with Gasteiger partial charge in [-0.2, -0.15) is 5.10 Å². The number of aromatic nitrogens is 2. The number of nitrogens with zero attached hydrogens (tertiary/aromatic N) is 2. The van der Waals surface area contributed by atoms with Crippen LogP contribution in [0.4, 0.5) is 4.39 Å². The number of amides is 1. The molecular formula is C23H25FN4O3. The Kier molecular flexibility index (Phi) is 6.29. The number of halogens is 1. The number of ether oxygens (including phenoxy) is 1. The van der Waals surface area contributed by atoms with E-state index in [0.29, 0.717) is 24.3 Å². The van der Waals surface area contributed by atoms with Crippen LogP contribution in [0, 0.1) is 5.82 Å². The average Bonchev–Trinajstić information content (AvgIpc) is 3.38. The number of aliphatic hydroxyl groups is 1. The molecule has 4 rings (SSSR count). The van der Waals surface area contributed by atoms with Gasteiger partial charge in [0.15, 0.2) is 0 Å². The molecule has 7 nitrogen and oxygen atoms in total. The molecule has 3 aromatic rings. The minimum absolute atomic E-state index is 0.282. The van der Waals surface area contributed by atoms with Crippen LogP contribution in [-0.2, 0) is 6.54 Å². The average molecular weight is 424 g/mol. The van der Waals surface area contributed by atoms with Gasteiger partial charge in [-0.15, -0.1) is 0 Å². The highest BCUT2D eigenvalue weighted by atomic mass is 19.1. The standard InChI is InChI=1S/C23H25FN4O3/c1-28(14-15-6-3-2-4-7-15)21-19(27-23(30)16-12-25-26-13-16)11-20(22(21)29)31-18-9-5-8-17(24)10-18/h2-10,12-13,19-22,29H,11,14H2,1H3,(H,25,26)(H,27,30)/t19-,20-,21+,22+/m1/s1. The van der Waals surface area contributed by atoms with E-state index < -0.39 is 24.1 Å². The van der Waals surface area contributed by atoms with Gasteiger partial charge in [0.2, 0.25) is 0 Å². The van der Waals surface area contributed by atoms with E-state index in [1.54, 1.807) is 12.1 Å². The van der Waals surface area contributed by atoms with Crippen LogP contribution in [0.15, 0.2) is 67.0 Å². The number of hydrogen-bond acceptors (Lipinski definition) is 5. The number of carbonyl (C=O) groups is 1. The van der Waals surface area contributed by atoms with E-state index in [2.05, 4.69) is 15.5 Å². The topological polar surface area (TPSA) is 90.5 Å². The minimum atomic E-state index is -0.883. The summed E-state index contributed by atoms with van der Waals surface area (Å²) in [6.45, 7) is 0.591. The molecule has 2 aromatic carbocycles. The third-order valence-corrected chi connectivity index (χ3v) is 5.57. The van der Waals surface area contributed by atoms with Crippen LogP contribution in [0.25, 0.3) is 0 Å². The number of aromatic amines is 1. The Balaban J connectivity index is 1.54. The molecular weight excluding hydrogens is 399 g/mol. The Morgan fingerprint density at radius 3 is 2.81 bits per heavy atom. The van der Waals surface area contributed by atoms with Crippen molar-refractivity contribution < 1.29 is 19.0 Å². The lowest BCUT2D eigenvalue weighted by Crippen LogP contribution is -2.51. The second-order valence-corrected chi connectivity index (χ2v) is 7.80. The van der Waals surface area contributed by atoms with E-state index in [1.807, 2.05) is 42.3 Å². The van der Waals surface area contributed by atoms with Crippen molar-refractivity contribution in [3.05, 3.63) is 83.9 Å². The van der Waals surface area contributed by atoms with E-state index >= 15 is 0 Å². The zero-order valence-corrected chi connectivity index (χ0v) is 17.1. The number of benzene rings is 2. The minimum Gasteiger partial charge on any atom is -0.487 e. The predicted octanol–water partition coefficient (Wildman–Crippen LogP) is 2.36. The summed E-state index contributed by atoms with van der Waals surface area (Å²) in [6.07, 6.45) is 1.87. The van der Waals surface area contributed by atoms with Gasteiger partial charge in [-0.3, -0.25) is 14.8 Å². The van der Waals surface area contributed by atoms with Gasteiger partial charge in [0.1, 0.15) is 23.8 Å². The Bertz CT molecular complexity index is 999. The van der Waals surface area contributed by atoms with Crippen LogP contribution in [0.2, 0.25) is 0 Å². The van der Waals surface area contributed by atoms with E-state index in [0.717, 1.165) is 5.56 Å². The Morgan fingerprint density at radius 2 is 2.10 bits per heavy atom. The summed E-state index contributed by atoms with van der Waals surface area (Å²) in [6, 6.07) is 15.0. The molecule has 0 unspecified atom stereocenters. The van der Waals surface area contributed by atoms with Crippen molar-refractivity contribution in [1.29, 1.82) is 0 Å². The first-order chi connectivity index (χ1) is 15.0. The molecule has 1 heterocycles. The molecule has 1 fully saturated rings. The summed E-state index contributed by atoms with van der Waals surface area (Å²) in [4.78, 5) is 14.7. The van der Waals surface area contributed by atoms with Crippen molar-refractivity contribution in [2.45, 2.75) is 37.3 Å². The van der Waals surface area contributed by atoms with Crippen molar-refractivity contribution in [3.63, 3.8) is 0 Å². The molecule has 1 amide bonds. The lowest BCUT2D eigenvalue weighted by atomic mass is 10.1. The summed E-state index contributed by atoms with van der Waals surface area (Å²) in [5.74, 6) is -0.349. The summed E-state index contributed by atoms with van der Waals surface area (Å²) in [5, 5.41) is 20.6. The summed E-state index contributed by atoms with van der Waals surface area (Å²) in [7, 11) is 1.91. The first-order valence-corrected chi connectivity index (χ1v) is 10.2. The van der Waals surface area contributed by atoms with E-state index in [1.165, 1.54) is 24.5 Å². The maximum absolute atomic E-state index is 13.6. The molecule has 1 aromatic heterocycles. The zero-order chi connectivity index (χ0) is 21.8. The number of hydrogen-bond donors (Lipinski definition) is 3. The van der Waals surface area contributed by atoms with Crippen molar-refractivity contribution in [2.24, 2.45) is 0 Å². The number of likely N-dealkylation sites (N-methyl/N-ethyl adjacent to an activating group) is 1. The van der Waals surface area contributed by atoms with Crippen molar-refractivity contribution in [1.82, 2.24) is 20.4 Å². The predicted molar refractivity (Wildman–Crippen MR) is 113 cm³/mol. The molecule has 4 atom stereocenters. The third-order valence-electron chi connectivity index (χ3n) is 5.57. The number of aliphatic hydroxyl groups excluding tert-OH is 1. The molecule has 0 radical (unpaired) electrons. The number of rotatable bonds is 7. The fourth-order valence-electron chi connectivity index (χ4n) is 4.14. The van der Waals surface area contributed by atoms with Crippen molar-refractivity contribution >= 4 is 5.91 Å². The first-order valence-electron chi connectivity index (χ1n) is 10.2. The van der Waals surface area contributed by atoms with Crippen LogP contribution in [0.1, 0.15) is 22.3 Å². The van der Waals surface area contributed by atoms with Gasteiger partial charge in [0.05, 0.1) is 23.8 Å². The molecule has 1 saturated carbocycles. The molecule has 0 bridgehead atoms. The highest BCUT2D eigenvalue weighted by molar-refractivity contribution is 5.93. The maximum atomic E-state index is 13.6. The largest absolute Gasteiger partial charge is 0.487 e. The number of carbonyl (C=O) groups excluding carboxylic acids is 1. The molecule has 0 spiro atoms. The number of H-pyrrole nitrogens is 1. The van der Waals surface area contributed by atoms with Gasteiger partial charge in [0.25, 0.3) is 5.91 Å². The molecule has 162 valence electrons. The zero-order valence-electron chi connectivity index (χ0n) is 17.1. The van der Waals surface area contributed by atoms with E-state index in [9.17, 15) is 14.3 Å². The Morgan fingerprint density at radius 1 is 1.29 bits per heavy atom. The first kappa shape index (κ1) is 21.0. The fourth-order valence-corrected chi connectivity index (χ4v) is 4.14. The number of nitrogens with one attached hydrogen (secondary N) is 2. The Hall–Kier alpha value is -3.23. The normalized spacial score (nSPS) is 23.1. The lowest BCUT2D eigenvalue weighted by Gasteiger charge is -2.32. The van der Waals surface area contributed by atoms with Crippen LogP contribution < -0.4 is 10.1 Å². The Labute approximate surface area is 179 Å². The van der Waals surface area contributed by atoms with Crippen LogP contribution in [0.3, 0.4) is 0 Å². The van der Waals surface area contributed by atoms with Crippen molar-refractivity contribution in [2.75, 3.05) is 7.05 Å². The molecule has 31 heavy (non-hydrogen) atoms. The second kappa shape index (κ2) is 9.28. The van der Waals surface area contributed by atoms with Gasteiger partial charge < -0.3 is 15.2 Å². The third kappa shape index (κ3) is 4.92. The van der Waals surface area contributed by atoms with Gasteiger partial charge in [-0.05, 0) is 24.7 Å². The summed E-state index contributed by atoms with van der Waals surface area (Å²) < 4.78 is 19.5. The highest BCUT2D eigenvalue weighted by Crippen LogP contribution is 2.30. The second-order valence-electron chi connectivity index (χ2n) is 7.80. The molecule has 0 aliphatic heterocycles. The molecule has 1 aliphatic rings. The SMILES string of the molecule is CN(Cc1ccccc1)[C@@H]1[C@@H](O)[C@H](Oc2cccc(F)c2)C[C@H]1NC(=O)c1cn[nH]c1. The fraction of sp³-hybridized carbons (Fsp3) is 0.304. The van der Waals surface area contributed by atoms with E-state index in [4.69, 9.17) is 4.74 Å². The molecule has 0 saturated heterocycles. The smallest absolute Gasteiger partial charge is 0.254 e. The van der Waals surface area contributed by atoms with Gasteiger partial charge >= 0.3 is 0 Å². The summed E-state index contributed by atoms with van der Waals surface area (Å²) in [5.41, 5.74) is 1.50. The monoisotopic (exact) mass is 424 g/mol. The molecule has 3 N–H and O–H groups in total. The lowest BCUT2D eigenvalue weighted by molar-refractivity contribution is 0.0124. The molecule has 8 heteroatoms. The van der Waals surface area contributed by atoms with Gasteiger partial charge in [-0.25, -0.2) is 4.39 Å². The highest BCUT2D eigenvalue weighted by Gasteiger charge is 2.46. The van der Waals surface area contributed by atoms with Gasteiger partial charge in [0, 0.05) is 25.2 Å².